The van der Waals surface area contributed by atoms with Gasteiger partial charge in [-0.3, -0.25) is 0 Å². The molecule has 32 heavy (non-hydrogen) atoms. The lowest BCUT2D eigenvalue weighted by molar-refractivity contribution is 0.410. The van der Waals surface area contributed by atoms with Gasteiger partial charge in [0.25, 0.3) is 0 Å². The second-order valence-electron chi connectivity index (χ2n) is 8.99. The maximum Gasteiger partial charge on any atom is 0.178 e. The molecule has 1 fully saturated rings. The minimum atomic E-state index is 0.326. The number of nitrogens with one attached hydrogen (secondary N) is 2. The van der Waals surface area contributed by atoms with E-state index in [4.69, 9.17) is 15.8 Å². The maximum atomic E-state index is 6.11. The van der Waals surface area contributed by atoms with Crippen molar-refractivity contribution in [1.82, 2.24) is 14.6 Å². The summed E-state index contributed by atoms with van der Waals surface area (Å²) in [5.41, 5.74) is 14.8. The fraction of sp³-hybridized carbons (Fsp3) is 0.360. The smallest absolute Gasteiger partial charge is 0.178 e. The van der Waals surface area contributed by atoms with Crippen LogP contribution in [0.4, 0.5) is 17.2 Å². The van der Waals surface area contributed by atoms with Crippen LogP contribution in [0.15, 0.2) is 41.2 Å². The number of nitrogens with zero attached hydrogens (tertiary/aromatic N) is 3. The molecule has 0 spiro atoms. The van der Waals surface area contributed by atoms with Gasteiger partial charge < -0.3 is 16.4 Å². The second kappa shape index (κ2) is 8.56. The Hall–Kier alpha value is -2.90. The van der Waals surface area contributed by atoms with Crippen LogP contribution in [-0.2, 0) is 0 Å². The molecule has 4 aromatic rings. The van der Waals surface area contributed by atoms with E-state index in [0.717, 1.165) is 59.8 Å². The molecule has 0 saturated heterocycles. The molecule has 1 aliphatic rings. The van der Waals surface area contributed by atoms with Gasteiger partial charge in [0.15, 0.2) is 5.65 Å². The molecule has 7 heteroatoms. The van der Waals surface area contributed by atoms with E-state index in [-0.39, 0.29) is 0 Å². The standard InChI is InChI=1S/C25H30N6S/c1-15-10-16(2)24(17(3)11-15)29-21-12-23(28-20-6-4-19(26)5-7-20)30-31-22(13-27-25(21)31)18-8-9-32-14-18/h8-14,19-20,29H,4-7,26H2,1-3H3,(H,28,30). The molecule has 3 heterocycles. The summed E-state index contributed by atoms with van der Waals surface area (Å²) < 4.78 is 1.96. The first-order valence-corrected chi connectivity index (χ1v) is 12.2. The third-order valence-corrected chi connectivity index (χ3v) is 7.03. The van der Waals surface area contributed by atoms with E-state index in [1.165, 1.54) is 16.7 Å². The number of benzene rings is 1. The van der Waals surface area contributed by atoms with Crippen LogP contribution in [0.1, 0.15) is 42.4 Å². The summed E-state index contributed by atoms with van der Waals surface area (Å²) in [6, 6.07) is 9.34. The van der Waals surface area contributed by atoms with E-state index in [1.54, 1.807) is 11.3 Å². The van der Waals surface area contributed by atoms with Gasteiger partial charge in [-0.05, 0) is 69.0 Å². The number of imidazole rings is 1. The fourth-order valence-corrected chi connectivity index (χ4v) is 5.37. The quantitative estimate of drug-likeness (QED) is 0.360. The lowest BCUT2D eigenvalue weighted by Gasteiger charge is -2.27. The molecule has 0 atom stereocenters. The molecule has 1 aliphatic carbocycles. The molecule has 1 saturated carbocycles. The summed E-state index contributed by atoms with van der Waals surface area (Å²) in [6.45, 7) is 6.43. The Labute approximate surface area is 192 Å². The summed E-state index contributed by atoms with van der Waals surface area (Å²) in [5, 5.41) is 16.5. The van der Waals surface area contributed by atoms with Crippen LogP contribution in [0.5, 0.6) is 0 Å². The van der Waals surface area contributed by atoms with E-state index >= 15 is 0 Å². The van der Waals surface area contributed by atoms with E-state index in [0.29, 0.717) is 12.1 Å². The number of aromatic nitrogens is 3. The zero-order valence-corrected chi connectivity index (χ0v) is 19.7. The average molecular weight is 447 g/mol. The van der Waals surface area contributed by atoms with Crippen LogP contribution >= 0.6 is 11.3 Å². The second-order valence-corrected chi connectivity index (χ2v) is 9.77. The zero-order chi connectivity index (χ0) is 22.2. The lowest BCUT2D eigenvalue weighted by atomic mass is 9.92. The number of thiophene rings is 1. The Balaban J connectivity index is 1.58. The number of hydrogen-bond acceptors (Lipinski definition) is 6. The summed E-state index contributed by atoms with van der Waals surface area (Å²) in [6.07, 6.45) is 6.16. The highest BCUT2D eigenvalue weighted by Gasteiger charge is 2.20. The van der Waals surface area contributed by atoms with Gasteiger partial charge in [0.05, 0.1) is 17.6 Å². The summed E-state index contributed by atoms with van der Waals surface area (Å²) in [7, 11) is 0. The van der Waals surface area contributed by atoms with Crippen LogP contribution in [-0.4, -0.2) is 26.7 Å². The third-order valence-electron chi connectivity index (χ3n) is 6.35. The van der Waals surface area contributed by atoms with E-state index in [1.807, 2.05) is 10.7 Å². The topological polar surface area (TPSA) is 80.3 Å². The molecule has 0 radical (unpaired) electrons. The van der Waals surface area contributed by atoms with Crippen molar-refractivity contribution in [3.8, 4) is 11.3 Å². The average Bonchev–Trinajstić information content (AvgIpc) is 3.42. The van der Waals surface area contributed by atoms with Gasteiger partial charge in [-0.25, -0.2) is 9.50 Å². The van der Waals surface area contributed by atoms with Crippen LogP contribution in [0.3, 0.4) is 0 Å². The molecular weight excluding hydrogens is 416 g/mol. The highest BCUT2D eigenvalue weighted by Crippen LogP contribution is 2.32. The SMILES string of the molecule is Cc1cc(C)c(Nc2cc(NC3CCC(N)CC3)nn3c(-c4ccsc4)cnc23)c(C)c1. The molecule has 1 aromatic carbocycles. The van der Waals surface area contributed by atoms with Gasteiger partial charge in [-0.1, -0.05) is 17.7 Å². The Morgan fingerprint density at radius 1 is 1.06 bits per heavy atom. The Bertz CT molecular complexity index is 1210. The van der Waals surface area contributed by atoms with E-state index in [9.17, 15) is 0 Å². The molecular formula is C25H30N6S. The molecule has 3 aromatic heterocycles. The zero-order valence-electron chi connectivity index (χ0n) is 18.9. The van der Waals surface area contributed by atoms with Gasteiger partial charge in [-0.2, -0.15) is 11.3 Å². The monoisotopic (exact) mass is 446 g/mol. The summed E-state index contributed by atoms with van der Waals surface area (Å²) >= 11 is 1.68. The molecule has 4 N–H and O–H groups in total. The lowest BCUT2D eigenvalue weighted by Crippen LogP contribution is -2.33. The number of rotatable bonds is 5. The highest BCUT2D eigenvalue weighted by molar-refractivity contribution is 7.08. The van der Waals surface area contributed by atoms with E-state index in [2.05, 4.69) is 66.4 Å². The van der Waals surface area contributed by atoms with Crippen molar-refractivity contribution in [3.05, 3.63) is 57.9 Å². The van der Waals surface area contributed by atoms with Crippen molar-refractivity contribution in [3.63, 3.8) is 0 Å². The number of fused-ring (bicyclic) bond motifs is 1. The Kier molecular flexibility index (Phi) is 5.61. The van der Waals surface area contributed by atoms with Crippen molar-refractivity contribution < 1.29 is 0 Å². The summed E-state index contributed by atoms with van der Waals surface area (Å²) in [5.74, 6) is 0.859. The first-order valence-electron chi connectivity index (χ1n) is 11.3. The van der Waals surface area contributed by atoms with Crippen LogP contribution in [0, 0.1) is 20.8 Å². The van der Waals surface area contributed by atoms with Gasteiger partial charge in [0.2, 0.25) is 0 Å². The third kappa shape index (κ3) is 4.10. The van der Waals surface area contributed by atoms with Crippen LogP contribution in [0.25, 0.3) is 16.9 Å². The van der Waals surface area contributed by atoms with Gasteiger partial charge in [-0.15, -0.1) is 5.10 Å². The van der Waals surface area contributed by atoms with Crippen molar-refractivity contribution in [2.75, 3.05) is 10.6 Å². The van der Waals surface area contributed by atoms with Crippen LogP contribution in [0.2, 0.25) is 0 Å². The molecule has 0 amide bonds. The molecule has 0 aliphatic heterocycles. The summed E-state index contributed by atoms with van der Waals surface area (Å²) in [4.78, 5) is 4.74. The largest absolute Gasteiger partial charge is 0.366 e. The molecule has 0 unspecified atom stereocenters. The number of hydrogen-bond donors (Lipinski definition) is 3. The number of aryl methyl sites for hydroxylation is 3. The predicted octanol–water partition coefficient (Wildman–Crippen LogP) is 5.81. The van der Waals surface area contributed by atoms with Gasteiger partial charge in [0, 0.05) is 34.8 Å². The number of nitrogens with two attached hydrogens (primary N) is 1. The first kappa shape index (κ1) is 21.0. The van der Waals surface area contributed by atoms with Crippen molar-refractivity contribution >= 4 is 34.2 Å². The predicted molar refractivity (Wildman–Crippen MR) is 134 cm³/mol. The molecule has 5 rings (SSSR count). The minimum Gasteiger partial charge on any atom is -0.366 e. The number of anilines is 3. The Morgan fingerprint density at radius 3 is 2.50 bits per heavy atom. The Morgan fingerprint density at radius 2 is 1.81 bits per heavy atom. The van der Waals surface area contributed by atoms with Crippen LogP contribution < -0.4 is 16.4 Å². The minimum absolute atomic E-state index is 0.326. The molecule has 0 bridgehead atoms. The fourth-order valence-electron chi connectivity index (χ4n) is 4.72. The van der Waals surface area contributed by atoms with Crippen molar-refractivity contribution in [1.29, 1.82) is 0 Å². The first-order chi connectivity index (χ1) is 15.5. The van der Waals surface area contributed by atoms with Gasteiger partial charge >= 0.3 is 0 Å². The highest BCUT2D eigenvalue weighted by atomic mass is 32.1. The molecule has 6 nitrogen and oxygen atoms in total. The normalized spacial score (nSPS) is 18.8. The molecule has 166 valence electrons. The maximum absolute atomic E-state index is 6.11. The van der Waals surface area contributed by atoms with Crippen molar-refractivity contribution in [2.45, 2.75) is 58.5 Å². The van der Waals surface area contributed by atoms with Crippen molar-refractivity contribution in [2.24, 2.45) is 5.73 Å². The van der Waals surface area contributed by atoms with Gasteiger partial charge in [0.1, 0.15) is 5.82 Å². The van der Waals surface area contributed by atoms with E-state index < -0.39 is 0 Å².